The summed E-state index contributed by atoms with van der Waals surface area (Å²) < 4.78 is 1.53. The molecule has 0 bridgehead atoms. The van der Waals surface area contributed by atoms with Gasteiger partial charge in [0.15, 0.2) is 0 Å². The largest absolute Gasteiger partial charge is 0.273 e. The van der Waals surface area contributed by atoms with Crippen molar-refractivity contribution in [2.45, 2.75) is 5.88 Å². The number of aromatic nitrogens is 2. The number of alkyl halides is 1. The van der Waals surface area contributed by atoms with E-state index in [4.69, 9.17) is 23.2 Å². The van der Waals surface area contributed by atoms with Gasteiger partial charge in [-0.25, -0.2) is 4.68 Å². The summed E-state index contributed by atoms with van der Waals surface area (Å²) in [5.74, 6) is 0.0686. The third-order valence-electron chi connectivity index (χ3n) is 2.22. The Labute approximate surface area is 107 Å². The van der Waals surface area contributed by atoms with Gasteiger partial charge in [0, 0.05) is 17.8 Å². The molecule has 2 aromatic rings. The Morgan fingerprint density at radius 2 is 2.24 bits per heavy atom. The van der Waals surface area contributed by atoms with Crippen LogP contribution in [0.1, 0.15) is 5.56 Å². The van der Waals surface area contributed by atoms with E-state index in [2.05, 4.69) is 5.10 Å². The molecule has 0 aliphatic heterocycles. The lowest BCUT2D eigenvalue weighted by molar-refractivity contribution is -0.385. The van der Waals surface area contributed by atoms with Crippen LogP contribution >= 0.6 is 23.2 Å². The van der Waals surface area contributed by atoms with Crippen LogP contribution in [0.4, 0.5) is 5.69 Å². The van der Waals surface area contributed by atoms with Crippen LogP contribution in [0.3, 0.4) is 0 Å². The zero-order chi connectivity index (χ0) is 12.4. The van der Waals surface area contributed by atoms with Crippen molar-refractivity contribution in [1.82, 2.24) is 9.78 Å². The van der Waals surface area contributed by atoms with Crippen molar-refractivity contribution < 1.29 is 4.92 Å². The van der Waals surface area contributed by atoms with E-state index >= 15 is 0 Å². The predicted octanol–water partition coefficient (Wildman–Crippen LogP) is 3.17. The van der Waals surface area contributed by atoms with Gasteiger partial charge < -0.3 is 0 Å². The molecule has 7 heteroatoms. The fourth-order valence-electron chi connectivity index (χ4n) is 1.44. The molecule has 0 aliphatic rings. The van der Waals surface area contributed by atoms with Crippen molar-refractivity contribution in [2.75, 3.05) is 0 Å². The smallest absolute Gasteiger partial charge is 0.258 e. The Kier molecular flexibility index (Phi) is 3.31. The summed E-state index contributed by atoms with van der Waals surface area (Å²) in [6, 6.07) is 4.62. The molecule has 17 heavy (non-hydrogen) atoms. The van der Waals surface area contributed by atoms with Crippen LogP contribution in [0.25, 0.3) is 5.69 Å². The van der Waals surface area contributed by atoms with Gasteiger partial charge in [-0.15, -0.1) is 11.6 Å². The molecule has 1 aromatic carbocycles. The molecule has 5 nitrogen and oxygen atoms in total. The summed E-state index contributed by atoms with van der Waals surface area (Å²) in [5.41, 5.74) is 1.13. The van der Waals surface area contributed by atoms with E-state index in [9.17, 15) is 10.1 Å². The van der Waals surface area contributed by atoms with Gasteiger partial charge in [0.1, 0.15) is 0 Å². The lowest BCUT2D eigenvalue weighted by Crippen LogP contribution is -1.98. The molecule has 0 amide bonds. The van der Waals surface area contributed by atoms with Gasteiger partial charge in [-0.1, -0.05) is 11.6 Å². The van der Waals surface area contributed by atoms with Gasteiger partial charge in [-0.2, -0.15) is 5.10 Å². The maximum atomic E-state index is 10.7. The summed E-state index contributed by atoms with van der Waals surface area (Å²) in [6.45, 7) is 0. The van der Waals surface area contributed by atoms with Crippen LogP contribution in [0.15, 0.2) is 30.6 Å². The Balaban J connectivity index is 2.48. The highest BCUT2D eigenvalue weighted by Crippen LogP contribution is 2.23. The Morgan fingerprint density at radius 1 is 1.47 bits per heavy atom. The van der Waals surface area contributed by atoms with Crippen LogP contribution in [-0.2, 0) is 5.88 Å². The Bertz CT molecular complexity index is 568. The average Bonchev–Trinajstić information content (AvgIpc) is 2.75. The number of hydrogen-bond acceptors (Lipinski definition) is 3. The van der Waals surface area contributed by atoms with Gasteiger partial charge in [-0.05, 0) is 12.1 Å². The van der Waals surface area contributed by atoms with Crippen molar-refractivity contribution in [3.8, 4) is 5.69 Å². The number of nitrogens with zero attached hydrogens (tertiary/aromatic N) is 3. The monoisotopic (exact) mass is 271 g/mol. The fraction of sp³-hybridized carbons (Fsp3) is 0.100. The van der Waals surface area contributed by atoms with Crippen LogP contribution in [0.5, 0.6) is 0 Å². The van der Waals surface area contributed by atoms with Crippen LogP contribution in [0, 0.1) is 10.1 Å². The topological polar surface area (TPSA) is 61.0 Å². The molecule has 0 spiro atoms. The van der Waals surface area contributed by atoms with Crippen molar-refractivity contribution in [3.05, 3.63) is 51.3 Å². The highest BCUT2D eigenvalue weighted by Gasteiger charge is 2.13. The second-order valence-electron chi connectivity index (χ2n) is 3.31. The first-order valence-electron chi connectivity index (χ1n) is 4.65. The van der Waals surface area contributed by atoms with Crippen molar-refractivity contribution in [2.24, 2.45) is 0 Å². The first kappa shape index (κ1) is 11.9. The minimum absolute atomic E-state index is 0.00185. The molecule has 2 rings (SSSR count). The third kappa shape index (κ3) is 2.40. The molecule has 88 valence electrons. The number of rotatable bonds is 3. The lowest BCUT2D eigenvalue weighted by Gasteiger charge is -2.04. The number of benzene rings is 1. The maximum absolute atomic E-state index is 10.7. The summed E-state index contributed by atoms with van der Waals surface area (Å²) >= 11 is 11.4. The van der Waals surface area contributed by atoms with Crippen LogP contribution < -0.4 is 0 Å². The van der Waals surface area contributed by atoms with Gasteiger partial charge in [0.05, 0.1) is 27.7 Å². The average molecular weight is 272 g/mol. The molecule has 0 unspecified atom stereocenters. The number of halogens is 2. The summed E-state index contributed by atoms with van der Waals surface area (Å²) in [4.78, 5) is 10.3. The molecular weight excluding hydrogens is 265 g/mol. The van der Waals surface area contributed by atoms with E-state index in [1.54, 1.807) is 18.3 Å². The zero-order valence-corrected chi connectivity index (χ0v) is 10.0. The summed E-state index contributed by atoms with van der Waals surface area (Å²) in [6.07, 6.45) is 3.10. The number of nitro groups is 1. The van der Waals surface area contributed by atoms with Gasteiger partial charge in [-0.3, -0.25) is 10.1 Å². The minimum Gasteiger partial charge on any atom is -0.258 e. The normalized spacial score (nSPS) is 10.5. The lowest BCUT2D eigenvalue weighted by atomic mass is 10.2. The number of hydrogen-bond donors (Lipinski definition) is 0. The molecule has 1 aromatic heterocycles. The molecule has 0 atom stereocenters. The second kappa shape index (κ2) is 4.73. The van der Waals surface area contributed by atoms with E-state index in [1.807, 2.05) is 0 Å². The number of nitro benzene ring substituents is 1. The molecule has 0 fully saturated rings. The Hall–Kier alpha value is -1.59. The quantitative estimate of drug-likeness (QED) is 0.489. The summed E-state index contributed by atoms with van der Waals surface area (Å²) in [5, 5.41) is 15.2. The molecule has 0 aliphatic carbocycles. The van der Waals surface area contributed by atoms with E-state index in [0.29, 0.717) is 16.3 Å². The van der Waals surface area contributed by atoms with Gasteiger partial charge >= 0.3 is 0 Å². The minimum atomic E-state index is -0.461. The van der Waals surface area contributed by atoms with E-state index in [1.165, 1.54) is 16.9 Å². The van der Waals surface area contributed by atoms with Gasteiger partial charge in [0.2, 0.25) is 0 Å². The third-order valence-corrected chi connectivity index (χ3v) is 2.70. The van der Waals surface area contributed by atoms with Gasteiger partial charge in [0.25, 0.3) is 5.69 Å². The first-order valence-corrected chi connectivity index (χ1v) is 5.57. The molecule has 0 N–H and O–H groups in total. The van der Waals surface area contributed by atoms with E-state index in [-0.39, 0.29) is 11.6 Å². The Morgan fingerprint density at radius 3 is 2.76 bits per heavy atom. The molecule has 0 saturated heterocycles. The maximum Gasteiger partial charge on any atom is 0.273 e. The van der Waals surface area contributed by atoms with E-state index < -0.39 is 4.92 Å². The van der Waals surface area contributed by atoms with Crippen molar-refractivity contribution in [1.29, 1.82) is 0 Å². The first-order chi connectivity index (χ1) is 8.11. The summed E-state index contributed by atoms with van der Waals surface area (Å²) in [7, 11) is 0. The highest BCUT2D eigenvalue weighted by molar-refractivity contribution is 6.30. The van der Waals surface area contributed by atoms with Crippen LogP contribution in [-0.4, -0.2) is 14.7 Å². The SMILES string of the molecule is O=[N+]([O-])c1ccc(-n2cc(Cl)cn2)cc1CCl. The fourth-order valence-corrected chi connectivity index (χ4v) is 1.79. The predicted molar refractivity (Wildman–Crippen MR) is 64.8 cm³/mol. The molecule has 0 saturated carbocycles. The van der Waals surface area contributed by atoms with Crippen molar-refractivity contribution >= 4 is 28.9 Å². The highest BCUT2D eigenvalue weighted by atomic mass is 35.5. The van der Waals surface area contributed by atoms with Crippen molar-refractivity contribution in [3.63, 3.8) is 0 Å². The van der Waals surface area contributed by atoms with E-state index in [0.717, 1.165) is 0 Å². The second-order valence-corrected chi connectivity index (χ2v) is 4.01. The zero-order valence-electron chi connectivity index (χ0n) is 8.51. The molecular formula is C10H7Cl2N3O2. The van der Waals surface area contributed by atoms with Crippen LogP contribution in [0.2, 0.25) is 5.02 Å². The molecule has 0 radical (unpaired) electrons. The standard InChI is InChI=1S/C10H7Cl2N3O2/c11-4-7-3-9(1-2-10(7)15(16)17)14-6-8(12)5-13-14/h1-3,5-6H,4H2. The molecule has 1 heterocycles.